The maximum absolute atomic E-state index is 11.7. The molecule has 0 saturated heterocycles. The van der Waals surface area contributed by atoms with E-state index in [0.717, 1.165) is 12.0 Å². The molecule has 1 aliphatic rings. The molecule has 0 bridgehead atoms. The Morgan fingerprint density at radius 3 is 2.57 bits per heavy atom. The first kappa shape index (κ1) is 15.3. The van der Waals surface area contributed by atoms with Crippen LogP contribution in [0.3, 0.4) is 0 Å². The van der Waals surface area contributed by atoms with Gasteiger partial charge in [0.25, 0.3) is 0 Å². The van der Waals surface area contributed by atoms with Crippen LogP contribution in [0.5, 0.6) is 0 Å². The zero-order valence-electron chi connectivity index (χ0n) is 11.6. The summed E-state index contributed by atoms with van der Waals surface area (Å²) in [7, 11) is 0. The van der Waals surface area contributed by atoms with Crippen molar-refractivity contribution >= 4 is 12.1 Å². The van der Waals surface area contributed by atoms with E-state index in [1.165, 1.54) is 0 Å². The van der Waals surface area contributed by atoms with Gasteiger partial charge in [-0.3, -0.25) is 0 Å². The highest BCUT2D eigenvalue weighted by Gasteiger charge is 2.38. The van der Waals surface area contributed by atoms with Gasteiger partial charge in [-0.05, 0) is 18.4 Å². The fraction of sp³-hybridized carbons (Fsp3) is 0.467. The van der Waals surface area contributed by atoms with Crippen LogP contribution in [0, 0.1) is 5.92 Å². The monoisotopic (exact) mass is 293 g/mol. The molecule has 0 spiro atoms. The highest BCUT2D eigenvalue weighted by atomic mass is 16.5. The fourth-order valence-corrected chi connectivity index (χ4v) is 2.60. The zero-order valence-corrected chi connectivity index (χ0v) is 11.6. The molecule has 0 aliphatic heterocycles. The number of amides is 1. The van der Waals surface area contributed by atoms with E-state index in [9.17, 15) is 19.8 Å². The lowest BCUT2D eigenvalue weighted by Crippen LogP contribution is -2.48. The number of hydrogen-bond acceptors (Lipinski definition) is 4. The number of aliphatic carboxylic acids is 1. The topological polar surface area (TPSA) is 95.9 Å². The van der Waals surface area contributed by atoms with Gasteiger partial charge in [-0.2, -0.15) is 0 Å². The average Bonchev–Trinajstić information content (AvgIpc) is 2.89. The summed E-state index contributed by atoms with van der Waals surface area (Å²) in [5, 5.41) is 21.3. The minimum atomic E-state index is -1.15. The van der Waals surface area contributed by atoms with Crippen LogP contribution in [0.1, 0.15) is 24.8 Å². The Morgan fingerprint density at radius 1 is 1.29 bits per heavy atom. The number of carbonyl (C=O) groups is 2. The number of aliphatic hydroxyl groups excluding tert-OH is 1. The van der Waals surface area contributed by atoms with Gasteiger partial charge in [0.15, 0.2) is 0 Å². The third-order valence-electron chi connectivity index (χ3n) is 3.71. The van der Waals surface area contributed by atoms with Crippen molar-refractivity contribution in [1.82, 2.24) is 5.32 Å². The summed E-state index contributed by atoms with van der Waals surface area (Å²) in [6.45, 7) is 0.0756. The Balaban J connectivity index is 1.88. The molecule has 114 valence electrons. The second kappa shape index (κ2) is 7.08. The molecule has 1 aliphatic carbocycles. The minimum absolute atomic E-state index is 0.0756. The molecule has 0 aromatic heterocycles. The Bertz CT molecular complexity index is 490. The number of ether oxygens (including phenoxy) is 1. The van der Waals surface area contributed by atoms with Crippen LogP contribution in [-0.4, -0.2) is 34.4 Å². The zero-order chi connectivity index (χ0) is 15.2. The van der Waals surface area contributed by atoms with Gasteiger partial charge in [-0.25, -0.2) is 9.59 Å². The summed E-state index contributed by atoms with van der Waals surface area (Å²) in [6.07, 6.45) is 0.425. The lowest BCUT2D eigenvalue weighted by molar-refractivity contribution is -0.141. The molecule has 6 heteroatoms. The maximum Gasteiger partial charge on any atom is 0.408 e. The standard InChI is InChI=1S/C15H19NO5/c17-12-8-4-7-11(12)13(14(18)19)16-15(20)21-9-10-5-2-1-3-6-10/h1-3,5-6,11-13,17H,4,7-9H2,(H,16,20)(H,18,19). The van der Waals surface area contributed by atoms with Crippen molar-refractivity contribution in [3.8, 4) is 0 Å². The third-order valence-corrected chi connectivity index (χ3v) is 3.71. The number of carboxylic acid groups (broad SMARTS) is 1. The van der Waals surface area contributed by atoms with Crippen LogP contribution in [-0.2, 0) is 16.1 Å². The second-order valence-corrected chi connectivity index (χ2v) is 5.18. The van der Waals surface area contributed by atoms with E-state index in [0.29, 0.717) is 12.8 Å². The summed E-state index contributed by atoms with van der Waals surface area (Å²) >= 11 is 0. The molecule has 1 amide bonds. The molecule has 2 rings (SSSR count). The van der Waals surface area contributed by atoms with E-state index in [4.69, 9.17) is 4.74 Å². The van der Waals surface area contributed by atoms with E-state index < -0.39 is 30.1 Å². The average molecular weight is 293 g/mol. The van der Waals surface area contributed by atoms with Gasteiger partial charge in [-0.1, -0.05) is 36.8 Å². The van der Waals surface area contributed by atoms with E-state index in [-0.39, 0.29) is 6.61 Å². The summed E-state index contributed by atoms with van der Waals surface area (Å²) < 4.78 is 5.01. The van der Waals surface area contributed by atoms with Crippen molar-refractivity contribution in [2.45, 2.75) is 38.0 Å². The highest BCUT2D eigenvalue weighted by Crippen LogP contribution is 2.28. The Hall–Kier alpha value is -2.08. The lowest BCUT2D eigenvalue weighted by Gasteiger charge is -2.23. The van der Waals surface area contributed by atoms with Crippen molar-refractivity contribution in [3.63, 3.8) is 0 Å². The first-order chi connectivity index (χ1) is 10.1. The van der Waals surface area contributed by atoms with Gasteiger partial charge in [0.1, 0.15) is 12.6 Å². The van der Waals surface area contributed by atoms with Crippen molar-refractivity contribution in [1.29, 1.82) is 0 Å². The predicted octanol–water partition coefficient (Wildman–Crippen LogP) is 1.53. The van der Waals surface area contributed by atoms with Crippen molar-refractivity contribution in [2.24, 2.45) is 5.92 Å². The second-order valence-electron chi connectivity index (χ2n) is 5.18. The predicted molar refractivity (Wildman–Crippen MR) is 74.5 cm³/mol. The molecular weight excluding hydrogens is 274 g/mol. The largest absolute Gasteiger partial charge is 0.480 e. The van der Waals surface area contributed by atoms with Crippen LogP contribution in [0.4, 0.5) is 4.79 Å². The van der Waals surface area contributed by atoms with Gasteiger partial charge in [-0.15, -0.1) is 0 Å². The smallest absolute Gasteiger partial charge is 0.408 e. The highest BCUT2D eigenvalue weighted by molar-refractivity contribution is 5.80. The van der Waals surface area contributed by atoms with Crippen LogP contribution in [0.2, 0.25) is 0 Å². The van der Waals surface area contributed by atoms with Crippen LogP contribution >= 0.6 is 0 Å². The van der Waals surface area contributed by atoms with E-state index in [2.05, 4.69) is 5.32 Å². The summed E-state index contributed by atoms with van der Waals surface area (Å²) in [5.41, 5.74) is 0.820. The molecule has 3 N–H and O–H groups in total. The molecule has 3 unspecified atom stereocenters. The first-order valence-corrected chi connectivity index (χ1v) is 6.96. The maximum atomic E-state index is 11.7. The number of carbonyl (C=O) groups excluding carboxylic acids is 1. The number of aliphatic hydroxyl groups is 1. The molecule has 1 saturated carbocycles. The van der Waals surface area contributed by atoms with Crippen molar-refractivity contribution < 1.29 is 24.5 Å². The molecule has 1 fully saturated rings. The number of alkyl carbamates (subject to hydrolysis) is 1. The van der Waals surface area contributed by atoms with E-state index >= 15 is 0 Å². The van der Waals surface area contributed by atoms with Crippen molar-refractivity contribution in [2.75, 3.05) is 0 Å². The van der Waals surface area contributed by atoms with Gasteiger partial charge < -0.3 is 20.3 Å². The number of hydrogen-bond donors (Lipinski definition) is 3. The number of carboxylic acids is 1. The van der Waals surface area contributed by atoms with Crippen LogP contribution in [0.15, 0.2) is 30.3 Å². The molecular formula is C15H19NO5. The van der Waals surface area contributed by atoms with Gasteiger partial charge in [0.2, 0.25) is 0 Å². The van der Waals surface area contributed by atoms with Gasteiger partial charge >= 0.3 is 12.1 Å². The normalized spacial score (nSPS) is 22.5. The number of benzene rings is 1. The van der Waals surface area contributed by atoms with Gasteiger partial charge in [0, 0.05) is 5.92 Å². The third kappa shape index (κ3) is 4.19. The Morgan fingerprint density at radius 2 is 2.00 bits per heavy atom. The number of nitrogens with one attached hydrogen (secondary N) is 1. The molecule has 1 aromatic carbocycles. The van der Waals surface area contributed by atoms with Gasteiger partial charge in [0.05, 0.1) is 6.10 Å². The molecule has 0 radical (unpaired) electrons. The van der Waals surface area contributed by atoms with Crippen molar-refractivity contribution in [3.05, 3.63) is 35.9 Å². The first-order valence-electron chi connectivity index (χ1n) is 6.96. The summed E-state index contributed by atoms with van der Waals surface area (Å²) in [4.78, 5) is 23.0. The van der Waals surface area contributed by atoms with Crippen LogP contribution in [0.25, 0.3) is 0 Å². The summed E-state index contributed by atoms with van der Waals surface area (Å²) in [5.74, 6) is -1.62. The SMILES string of the molecule is O=C(NC(C(=O)O)C1CCCC1O)OCc1ccccc1. The molecule has 1 aromatic rings. The minimum Gasteiger partial charge on any atom is -0.480 e. The quantitative estimate of drug-likeness (QED) is 0.765. The molecule has 21 heavy (non-hydrogen) atoms. The Kier molecular flexibility index (Phi) is 5.16. The van der Waals surface area contributed by atoms with Crippen LogP contribution < -0.4 is 5.32 Å². The fourth-order valence-electron chi connectivity index (χ4n) is 2.60. The molecule has 0 heterocycles. The molecule has 3 atom stereocenters. The Labute approximate surface area is 122 Å². The summed E-state index contributed by atoms with van der Waals surface area (Å²) in [6, 6.07) is 8.00. The lowest BCUT2D eigenvalue weighted by atomic mass is 9.96. The van der Waals surface area contributed by atoms with E-state index in [1.807, 2.05) is 30.3 Å². The molecule has 6 nitrogen and oxygen atoms in total. The van der Waals surface area contributed by atoms with E-state index in [1.54, 1.807) is 0 Å². The number of rotatable bonds is 5.